The van der Waals surface area contributed by atoms with E-state index in [0.29, 0.717) is 11.4 Å². The monoisotopic (exact) mass is 715 g/mol. The van der Waals surface area contributed by atoms with E-state index in [2.05, 4.69) is 106 Å². The average molecular weight is 716 g/mol. The first kappa shape index (κ1) is 37.7. The molecule has 7 aromatic rings. The Balaban J connectivity index is 0.000000661. The zero-order chi connectivity index (χ0) is 38.7. The van der Waals surface area contributed by atoms with Crippen LogP contribution >= 0.6 is 0 Å². The van der Waals surface area contributed by atoms with Crippen LogP contribution in [-0.2, 0) is 0 Å². The molecule has 0 aliphatic rings. The number of nitrogens with zero attached hydrogens (tertiary/aromatic N) is 1. The van der Waals surface area contributed by atoms with Gasteiger partial charge in [-0.2, -0.15) is 0 Å². The van der Waals surface area contributed by atoms with Crippen molar-refractivity contribution in [1.82, 2.24) is 0 Å². The van der Waals surface area contributed by atoms with E-state index < -0.39 is 0 Å². The van der Waals surface area contributed by atoms with Gasteiger partial charge in [0.25, 0.3) is 0 Å². The first-order chi connectivity index (χ1) is 26.8. The Bertz CT molecular complexity index is 2620. The van der Waals surface area contributed by atoms with Crippen molar-refractivity contribution in [2.45, 2.75) is 20.8 Å². The topological polar surface area (TPSA) is 75.4 Å². The zero-order valence-corrected chi connectivity index (χ0v) is 31.6. The summed E-state index contributed by atoms with van der Waals surface area (Å²) in [7, 11) is 0. The molecule has 0 amide bonds. The third-order valence-electron chi connectivity index (χ3n) is 9.48. The highest BCUT2D eigenvalue weighted by Crippen LogP contribution is 2.39. The second-order valence-corrected chi connectivity index (χ2v) is 13.2. The molecule has 0 unspecified atom stereocenters. The molecule has 0 saturated carbocycles. The van der Waals surface area contributed by atoms with E-state index in [-0.39, 0.29) is 5.84 Å². The third kappa shape index (κ3) is 8.95. The van der Waals surface area contributed by atoms with Crippen molar-refractivity contribution in [3.8, 4) is 22.3 Å². The van der Waals surface area contributed by atoms with E-state index in [1.807, 2.05) is 103 Å². The van der Waals surface area contributed by atoms with Crippen molar-refractivity contribution in [2.24, 2.45) is 10.7 Å². The molecule has 270 valence electrons. The molecule has 0 fully saturated rings. The number of rotatable bonds is 9. The van der Waals surface area contributed by atoms with E-state index in [1.165, 1.54) is 16.7 Å². The van der Waals surface area contributed by atoms with Crippen LogP contribution in [0.2, 0.25) is 0 Å². The van der Waals surface area contributed by atoms with Crippen LogP contribution in [-0.4, -0.2) is 11.7 Å². The Morgan fingerprint density at radius 1 is 0.655 bits per heavy atom. The van der Waals surface area contributed by atoms with Crippen LogP contribution in [0.25, 0.3) is 49.8 Å². The lowest BCUT2D eigenvalue weighted by Gasteiger charge is -2.12. The molecule has 0 bridgehead atoms. The second-order valence-electron chi connectivity index (χ2n) is 13.2. The standard InChI is InChI=1S/C44H37N3O.C7H8/c1-5-7-9-15-29(3)30(4)37(6-2)34-19-12-18-32(26-34)33-24-25-40-39(28-33)42-38(22-14-23-41(42)48-40)35-20-13-21-36(27-35)44(46)47-43(45)31-16-10-8-11-17-31;1-7-5-3-2-4-6-7/h5-28H,1-2H2,3-4H3,(H3,45,46,47);2-6H,1H3/b9-7-,29-15+,37-30-;. The summed E-state index contributed by atoms with van der Waals surface area (Å²) in [4.78, 5) is 4.40. The first-order valence-corrected chi connectivity index (χ1v) is 18.2. The molecule has 0 spiro atoms. The molecule has 55 heavy (non-hydrogen) atoms. The lowest BCUT2D eigenvalue weighted by Crippen LogP contribution is -2.16. The van der Waals surface area contributed by atoms with Gasteiger partial charge in [0, 0.05) is 21.9 Å². The molecular weight excluding hydrogens is 671 g/mol. The molecule has 1 heterocycles. The number of hydrogen-bond acceptors (Lipinski definition) is 2. The largest absolute Gasteiger partial charge is 0.456 e. The summed E-state index contributed by atoms with van der Waals surface area (Å²) in [5.41, 5.74) is 19.6. The summed E-state index contributed by atoms with van der Waals surface area (Å²) >= 11 is 0. The Kier molecular flexibility index (Phi) is 12.1. The predicted molar refractivity (Wildman–Crippen MR) is 236 cm³/mol. The van der Waals surface area contributed by atoms with Gasteiger partial charge in [-0.05, 0) is 95.6 Å². The highest BCUT2D eigenvalue weighted by molar-refractivity contribution is 6.14. The number of allylic oxidation sites excluding steroid dienone is 8. The highest BCUT2D eigenvalue weighted by Gasteiger charge is 2.15. The minimum atomic E-state index is 0.121. The van der Waals surface area contributed by atoms with Crippen molar-refractivity contribution in [3.63, 3.8) is 0 Å². The van der Waals surface area contributed by atoms with Gasteiger partial charge in [-0.25, -0.2) is 4.99 Å². The summed E-state index contributed by atoms with van der Waals surface area (Å²) in [5.74, 6) is 0.412. The lowest BCUT2D eigenvalue weighted by atomic mass is 9.93. The third-order valence-corrected chi connectivity index (χ3v) is 9.48. The van der Waals surface area contributed by atoms with Gasteiger partial charge in [-0.15, -0.1) is 0 Å². The van der Waals surface area contributed by atoms with Crippen LogP contribution in [0.5, 0.6) is 0 Å². The molecule has 1 aromatic heterocycles. The van der Waals surface area contributed by atoms with E-state index >= 15 is 0 Å². The van der Waals surface area contributed by atoms with Gasteiger partial charge < -0.3 is 10.2 Å². The number of nitrogens with two attached hydrogens (primary N) is 1. The van der Waals surface area contributed by atoms with Gasteiger partial charge >= 0.3 is 0 Å². The molecule has 0 atom stereocenters. The number of aliphatic imine (C=N–C) groups is 1. The molecule has 4 nitrogen and oxygen atoms in total. The van der Waals surface area contributed by atoms with Crippen LogP contribution in [0.4, 0.5) is 0 Å². The minimum absolute atomic E-state index is 0.121. The highest BCUT2D eigenvalue weighted by atomic mass is 16.3. The fourth-order valence-corrected chi connectivity index (χ4v) is 6.44. The fourth-order valence-electron chi connectivity index (χ4n) is 6.44. The van der Waals surface area contributed by atoms with Gasteiger partial charge in [0.05, 0.1) is 0 Å². The maximum Gasteiger partial charge on any atom is 0.154 e. The molecule has 4 heteroatoms. The quantitative estimate of drug-likeness (QED) is 0.0887. The second kappa shape index (κ2) is 17.7. The van der Waals surface area contributed by atoms with Crippen molar-refractivity contribution < 1.29 is 4.42 Å². The minimum Gasteiger partial charge on any atom is -0.456 e. The zero-order valence-electron chi connectivity index (χ0n) is 31.6. The fraction of sp³-hybridized carbons (Fsp3) is 0.0588. The van der Waals surface area contributed by atoms with Crippen molar-refractivity contribution in [2.75, 3.05) is 0 Å². The lowest BCUT2D eigenvalue weighted by molar-refractivity contribution is 0.669. The molecule has 3 N–H and O–H groups in total. The Morgan fingerprint density at radius 2 is 1.29 bits per heavy atom. The molecule has 6 aromatic carbocycles. The smallest absolute Gasteiger partial charge is 0.154 e. The van der Waals surface area contributed by atoms with Crippen LogP contribution in [0.15, 0.2) is 210 Å². The van der Waals surface area contributed by atoms with Crippen molar-refractivity contribution in [3.05, 3.63) is 223 Å². The summed E-state index contributed by atoms with van der Waals surface area (Å²) in [6.45, 7) is 14.2. The molecular formula is C51H45N3O. The molecule has 0 radical (unpaired) electrons. The Labute approximate surface area is 324 Å². The number of fused-ring (bicyclic) bond motifs is 3. The Hall–Kier alpha value is -7.04. The van der Waals surface area contributed by atoms with E-state index in [1.54, 1.807) is 6.08 Å². The average Bonchev–Trinajstić information content (AvgIpc) is 3.60. The number of benzene rings is 6. The first-order valence-electron chi connectivity index (χ1n) is 18.2. The van der Waals surface area contributed by atoms with E-state index in [9.17, 15) is 0 Å². The summed E-state index contributed by atoms with van der Waals surface area (Å²) in [5, 5.41) is 10.5. The predicted octanol–water partition coefficient (Wildman–Crippen LogP) is 13.3. The van der Waals surface area contributed by atoms with Gasteiger partial charge in [-0.1, -0.05) is 164 Å². The number of nitrogens with one attached hydrogen (secondary N) is 1. The molecule has 0 aliphatic carbocycles. The summed E-state index contributed by atoms with van der Waals surface area (Å²) < 4.78 is 6.35. The SMILES string of the molecule is C=C\C=C/C=C(C)/C(C)=C(/C=C)c1cccc(-c2ccc3oc4cccc(-c5cccc(C(N)=NC(=N)c6ccccc6)c5)c4c3c2)c1.Cc1ccccc1. The number of amidine groups is 2. The number of aryl methyl sites for hydroxylation is 1. The van der Waals surface area contributed by atoms with Crippen molar-refractivity contribution >= 4 is 39.2 Å². The van der Waals surface area contributed by atoms with Crippen LogP contribution < -0.4 is 5.73 Å². The van der Waals surface area contributed by atoms with E-state index in [0.717, 1.165) is 60.9 Å². The Morgan fingerprint density at radius 3 is 1.98 bits per heavy atom. The number of furan rings is 1. The van der Waals surface area contributed by atoms with E-state index in [4.69, 9.17) is 15.6 Å². The maximum atomic E-state index is 8.42. The van der Waals surface area contributed by atoms with Crippen molar-refractivity contribution in [1.29, 1.82) is 5.41 Å². The van der Waals surface area contributed by atoms with Gasteiger partial charge in [0.15, 0.2) is 5.84 Å². The number of hydrogen-bond donors (Lipinski definition) is 2. The molecule has 0 saturated heterocycles. The summed E-state index contributed by atoms with van der Waals surface area (Å²) in [6.07, 6.45) is 9.71. The van der Waals surface area contributed by atoms with Gasteiger partial charge in [0.2, 0.25) is 0 Å². The molecule has 0 aliphatic heterocycles. The molecule has 7 rings (SSSR count). The van der Waals surface area contributed by atoms with Crippen LogP contribution in [0.1, 0.15) is 36.1 Å². The summed E-state index contributed by atoms with van der Waals surface area (Å²) in [6, 6.07) is 48.7. The van der Waals surface area contributed by atoms with Gasteiger partial charge in [0.1, 0.15) is 17.0 Å². The van der Waals surface area contributed by atoms with Crippen LogP contribution in [0, 0.1) is 12.3 Å². The maximum absolute atomic E-state index is 8.42. The normalized spacial score (nSPS) is 12.3. The van der Waals surface area contributed by atoms with Crippen LogP contribution in [0.3, 0.4) is 0 Å². The van der Waals surface area contributed by atoms with Gasteiger partial charge in [-0.3, -0.25) is 5.41 Å².